The van der Waals surface area contributed by atoms with Gasteiger partial charge in [-0.1, -0.05) is 33.1 Å². The molecule has 0 saturated heterocycles. The third kappa shape index (κ3) is 10.9. The number of halogens is 1. The average molecular weight is 355 g/mol. The number of rotatable bonds is 8. The van der Waals surface area contributed by atoms with E-state index in [1.54, 1.807) is 0 Å². The summed E-state index contributed by atoms with van der Waals surface area (Å²) in [4.78, 5) is 6.87. The second-order valence-electron chi connectivity index (χ2n) is 4.22. The lowest BCUT2D eigenvalue weighted by Crippen LogP contribution is -2.39. The van der Waals surface area contributed by atoms with Crippen molar-refractivity contribution in [3.8, 4) is 0 Å². The van der Waals surface area contributed by atoms with Crippen LogP contribution in [0.3, 0.4) is 0 Å². The van der Waals surface area contributed by atoms with Crippen LogP contribution < -0.4 is 5.32 Å². The van der Waals surface area contributed by atoms with Crippen LogP contribution in [0.4, 0.5) is 0 Å². The molecule has 0 unspecified atom stereocenters. The fourth-order valence-corrected chi connectivity index (χ4v) is 1.52. The van der Waals surface area contributed by atoms with Gasteiger partial charge in [0.25, 0.3) is 0 Å². The maximum Gasteiger partial charge on any atom is 0.193 e. The van der Waals surface area contributed by atoms with E-state index in [0.29, 0.717) is 0 Å². The van der Waals surface area contributed by atoms with Gasteiger partial charge in [-0.2, -0.15) is 0 Å². The van der Waals surface area contributed by atoms with Gasteiger partial charge in [-0.3, -0.25) is 4.99 Å². The zero-order chi connectivity index (χ0) is 12.2. The van der Waals surface area contributed by atoms with Gasteiger partial charge in [-0.25, -0.2) is 0 Å². The lowest BCUT2D eigenvalue weighted by Gasteiger charge is -2.21. The number of aliphatic imine (C=N–C) groups is 1. The number of nitrogens with zero attached hydrogens (tertiary/aromatic N) is 2. The molecule has 0 spiro atoms. The Bertz CT molecular complexity index is 184. The maximum absolute atomic E-state index is 4.64. The Hall–Kier alpha value is 0. The zero-order valence-corrected chi connectivity index (χ0v) is 14.3. The van der Waals surface area contributed by atoms with E-state index < -0.39 is 0 Å². The molecule has 0 aliphatic carbocycles. The standard InChI is InChI=1S/C13H29N3.HI/c1-5-8-10-11-15-13(14-7-3)16(4)12-9-6-2;/h5-12H2,1-4H3,(H,14,15);1H. The molecule has 1 N–H and O–H groups in total. The average Bonchev–Trinajstić information content (AvgIpc) is 2.30. The fraction of sp³-hybridized carbons (Fsp3) is 0.923. The summed E-state index contributed by atoms with van der Waals surface area (Å²) in [6.45, 7) is 9.56. The highest BCUT2D eigenvalue weighted by Crippen LogP contribution is 1.97. The van der Waals surface area contributed by atoms with Crippen LogP contribution in [0.5, 0.6) is 0 Å². The number of guanidine groups is 1. The SMILES string of the molecule is CCCCCN=C(NCC)N(C)CCCC.I. The van der Waals surface area contributed by atoms with E-state index in [4.69, 9.17) is 0 Å². The van der Waals surface area contributed by atoms with E-state index in [9.17, 15) is 0 Å². The van der Waals surface area contributed by atoms with Crippen molar-refractivity contribution >= 4 is 29.9 Å². The predicted octanol–water partition coefficient (Wildman–Crippen LogP) is 3.49. The molecule has 0 amide bonds. The van der Waals surface area contributed by atoms with Crippen LogP contribution in [0.15, 0.2) is 4.99 Å². The topological polar surface area (TPSA) is 27.6 Å². The Morgan fingerprint density at radius 1 is 1.06 bits per heavy atom. The van der Waals surface area contributed by atoms with Gasteiger partial charge in [0.05, 0.1) is 0 Å². The van der Waals surface area contributed by atoms with Crippen LogP contribution in [0.25, 0.3) is 0 Å². The van der Waals surface area contributed by atoms with Crippen molar-refractivity contribution in [3.05, 3.63) is 0 Å². The fourth-order valence-electron chi connectivity index (χ4n) is 1.52. The molecular formula is C13H30IN3. The van der Waals surface area contributed by atoms with Crippen LogP contribution in [0, 0.1) is 0 Å². The minimum absolute atomic E-state index is 0. The molecule has 0 saturated carbocycles. The highest BCUT2D eigenvalue weighted by Gasteiger charge is 2.03. The summed E-state index contributed by atoms with van der Waals surface area (Å²) < 4.78 is 0. The summed E-state index contributed by atoms with van der Waals surface area (Å²) >= 11 is 0. The molecule has 3 nitrogen and oxygen atoms in total. The molecule has 0 heterocycles. The summed E-state index contributed by atoms with van der Waals surface area (Å²) in [5.74, 6) is 1.06. The lowest BCUT2D eigenvalue weighted by atomic mass is 10.2. The lowest BCUT2D eigenvalue weighted by molar-refractivity contribution is 0.464. The van der Waals surface area contributed by atoms with Crippen molar-refractivity contribution in [2.24, 2.45) is 4.99 Å². The molecule has 0 bridgehead atoms. The van der Waals surface area contributed by atoms with Crippen LogP contribution in [0.2, 0.25) is 0 Å². The molecule has 17 heavy (non-hydrogen) atoms. The van der Waals surface area contributed by atoms with E-state index in [-0.39, 0.29) is 24.0 Å². The molecule has 0 aliphatic rings. The highest BCUT2D eigenvalue weighted by atomic mass is 127. The van der Waals surface area contributed by atoms with Crippen molar-refractivity contribution in [2.75, 3.05) is 26.7 Å². The van der Waals surface area contributed by atoms with Crippen LogP contribution in [-0.4, -0.2) is 37.5 Å². The van der Waals surface area contributed by atoms with Gasteiger partial charge in [-0.15, -0.1) is 24.0 Å². The van der Waals surface area contributed by atoms with Crippen LogP contribution in [-0.2, 0) is 0 Å². The minimum Gasteiger partial charge on any atom is -0.357 e. The first-order chi connectivity index (χ1) is 7.76. The number of hydrogen-bond acceptors (Lipinski definition) is 1. The molecule has 0 radical (unpaired) electrons. The third-order valence-electron chi connectivity index (χ3n) is 2.57. The molecule has 0 aliphatic heterocycles. The van der Waals surface area contributed by atoms with Crippen LogP contribution >= 0.6 is 24.0 Å². The number of unbranched alkanes of at least 4 members (excludes halogenated alkanes) is 3. The quantitative estimate of drug-likeness (QED) is 0.312. The van der Waals surface area contributed by atoms with Crippen molar-refractivity contribution < 1.29 is 0 Å². The molecule has 0 aromatic heterocycles. The van der Waals surface area contributed by atoms with Crippen molar-refractivity contribution in [2.45, 2.75) is 52.9 Å². The second kappa shape index (κ2) is 14.1. The highest BCUT2D eigenvalue weighted by molar-refractivity contribution is 14.0. The summed E-state index contributed by atoms with van der Waals surface area (Å²) in [7, 11) is 2.12. The van der Waals surface area contributed by atoms with Gasteiger partial charge in [0, 0.05) is 26.7 Å². The predicted molar refractivity (Wildman–Crippen MR) is 88.5 cm³/mol. The first-order valence-electron chi connectivity index (χ1n) is 6.75. The zero-order valence-electron chi connectivity index (χ0n) is 12.0. The smallest absolute Gasteiger partial charge is 0.193 e. The largest absolute Gasteiger partial charge is 0.357 e. The molecule has 0 aromatic carbocycles. The minimum atomic E-state index is 0. The number of nitrogens with one attached hydrogen (secondary N) is 1. The van der Waals surface area contributed by atoms with E-state index in [1.807, 2.05) is 0 Å². The summed E-state index contributed by atoms with van der Waals surface area (Å²) in [5, 5.41) is 3.34. The van der Waals surface area contributed by atoms with Crippen molar-refractivity contribution in [1.29, 1.82) is 0 Å². The second-order valence-corrected chi connectivity index (χ2v) is 4.22. The van der Waals surface area contributed by atoms with Gasteiger partial charge in [0.1, 0.15) is 0 Å². The molecule has 0 fully saturated rings. The first-order valence-corrected chi connectivity index (χ1v) is 6.75. The van der Waals surface area contributed by atoms with E-state index in [0.717, 1.165) is 25.6 Å². The summed E-state index contributed by atoms with van der Waals surface area (Å²) in [6.07, 6.45) is 6.21. The molecule has 4 heteroatoms. The van der Waals surface area contributed by atoms with E-state index >= 15 is 0 Å². The van der Waals surface area contributed by atoms with Gasteiger partial charge in [0.15, 0.2) is 5.96 Å². The monoisotopic (exact) mass is 355 g/mol. The maximum atomic E-state index is 4.64. The van der Waals surface area contributed by atoms with Crippen LogP contribution in [0.1, 0.15) is 52.9 Å². The Morgan fingerprint density at radius 3 is 2.24 bits per heavy atom. The van der Waals surface area contributed by atoms with Crippen molar-refractivity contribution in [3.63, 3.8) is 0 Å². The normalized spacial score (nSPS) is 10.9. The van der Waals surface area contributed by atoms with Gasteiger partial charge < -0.3 is 10.2 Å². The molecule has 0 aromatic rings. The van der Waals surface area contributed by atoms with Gasteiger partial charge in [-0.05, 0) is 19.8 Å². The van der Waals surface area contributed by atoms with E-state index in [1.165, 1.54) is 32.1 Å². The molecular weight excluding hydrogens is 325 g/mol. The van der Waals surface area contributed by atoms with Crippen molar-refractivity contribution in [1.82, 2.24) is 10.2 Å². The molecule has 0 atom stereocenters. The van der Waals surface area contributed by atoms with Gasteiger partial charge >= 0.3 is 0 Å². The summed E-state index contributed by atoms with van der Waals surface area (Å²) in [5.41, 5.74) is 0. The Balaban J connectivity index is 0. The Kier molecular flexibility index (Phi) is 16.0. The Morgan fingerprint density at radius 2 is 1.71 bits per heavy atom. The third-order valence-corrected chi connectivity index (χ3v) is 2.57. The first kappa shape index (κ1) is 19.3. The Labute approximate surface area is 124 Å². The molecule has 0 rings (SSSR count). The molecule has 104 valence electrons. The summed E-state index contributed by atoms with van der Waals surface area (Å²) in [6, 6.07) is 0. The van der Waals surface area contributed by atoms with Gasteiger partial charge in [0.2, 0.25) is 0 Å². The number of hydrogen-bond donors (Lipinski definition) is 1. The van der Waals surface area contributed by atoms with E-state index in [2.05, 4.69) is 43.0 Å².